The van der Waals surface area contributed by atoms with Gasteiger partial charge in [-0.3, -0.25) is 14.6 Å². The molecule has 24 heavy (non-hydrogen) atoms. The first-order valence-electron chi connectivity index (χ1n) is 7.80. The molecule has 130 valence electrons. The van der Waals surface area contributed by atoms with Gasteiger partial charge in [-0.15, -0.1) is 6.58 Å². The average molecular weight is 351 g/mol. The van der Waals surface area contributed by atoms with Crippen LogP contribution in [0.3, 0.4) is 0 Å². The van der Waals surface area contributed by atoms with Gasteiger partial charge in [0.15, 0.2) is 9.84 Å². The van der Waals surface area contributed by atoms with Crippen LogP contribution in [0.15, 0.2) is 37.2 Å². The van der Waals surface area contributed by atoms with Crippen LogP contribution in [0.25, 0.3) is 0 Å². The van der Waals surface area contributed by atoms with Crippen molar-refractivity contribution in [3.8, 4) is 0 Å². The number of aromatic nitrogens is 1. The predicted molar refractivity (Wildman–Crippen MR) is 88.6 cm³/mol. The summed E-state index contributed by atoms with van der Waals surface area (Å²) in [5, 5.41) is -1.05. The molecule has 1 aliphatic rings. The van der Waals surface area contributed by atoms with Gasteiger partial charge in [0.1, 0.15) is 11.0 Å². The second-order valence-corrected chi connectivity index (χ2v) is 8.06. The van der Waals surface area contributed by atoms with Crippen LogP contribution < -0.4 is 0 Å². The lowest BCUT2D eigenvalue weighted by Crippen LogP contribution is -2.39. The zero-order valence-electron chi connectivity index (χ0n) is 13.6. The van der Waals surface area contributed by atoms with E-state index in [2.05, 4.69) is 11.6 Å². The van der Waals surface area contributed by atoms with Crippen LogP contribution in [0.4, 0.5) is 0 Å². The molecule has 2 rings (SSSR count). The van der Waals surface area contributed by atoms with E-state index in [1.807, 2.05) is 0 Å². The predicted octanol–water partition coefficient (Wildman–Crippen LogP) is 2.37. The van der Waals surface area contributed by atoms with E-state index in [1.54, 1.807) is 18.3 Å². The number of esters is 1. The van der Waals surface area contributed by atoms with Crippen molar-refractivity contribution >= 4 is 21.6 Å². The molecule has 0 amide bonds. The van der Waals surface area contributed by atoms with Crippen molar-refractivity contribution in [2.45, 2.75) is 43.3 Å². The lowest BCUT2D eigenvalue weighted by Gasteiger charge is -2.30. The molecule has 0 aromatic carbocycles. The van der Waals surface area contributed by atoms with Crippen LogP contribution >= 0.6 is 0 Å². The number of hydrogen-bond acceptors (Lipinski definition) is 6. The Bertz CT molecular complexity index is 714. The van der Waals surface area contributed by atoms with Crippen LogP contribution in [0.1, 0.15) is 43.4 Å². The Morgan fingerprint density at radius 2 is 2.25 bits per heavy atom. The van der Waals surface area contributed by atoms with Crippen molar-refractivity contribution in [3.05, 3.63) is 42.7 Å². The summed E-state index contributed by atoms with van der Waals surface area (Å²) in [6.07, 6.45) is 5.96. The van der Waals surface area contributed by atoms with Gasteiger partial charge in [0.25, 0.3) is 0 Å². The number of ketones is 1. The van der Waals surface area contributed by atoms with Gasteiger partial charge in [-0.2, -0.15) is 0 Å². The summed E-state index contributed by atoms with van der Waals surface area (Å²) in [7, 11) is -3.94. The van der Waals surface area contributed by atoms with E-state index in [1.165, 1.54) is 19.2 Å². The van der Waals surface area contributed by atoms with Gasteiger partial charge in [0.2, 0.25) is 5.44 Å². The molecule has 0 radical (unpaired) electrons. The fraction of sp³-hybridized carbons (Fsp3) is 0.471. The summed E-state index contributed by atoms with van der Waals surface area (Å²) in [5.74, 6) is -1.22. The van der Waals surface area contributed by atoms with E-state index >= 15 is 0 Å². The molecule has 1 fully saturated rings. The van der Waals surface area contributed by atoms with Crippen LogP contribution in [0.2, 0.25) is 0 Å². The van der Waals surface area contributed by atoms with Gasteiger partial charge < -0.3 is 4.74 Å². The quantitative estimate of drug-likeness (QED) is 0.577. The molecule has 1 aromatic heterocycles. The lowest BCUT2D eigenvalue weighted by atomic mass is 9.89. The molecule has 7 heteroatoms. The first kappa shape index (κ1) is 18.3. The van der Waals surface area contributed by atoms with Gasteiger partial charge in [-0.25, -0.2) is 8.42 Å². The zero-order chi connectivity index (χ0) is 17.7. The highest BCUT2D eigenvalue weighted by atomic mass is 32.2. The van der Waals surface area contributed by atoms with Crippen LogP contribution in [-0.2, 0) is 24.2 Å². The summed E-state index contributed by atoms with van der Waals surface area (Å²) in [5.41, 5.74) is -0.908. The molecule has 0 saturated heterocycles. The van der Waals surface area contributed by atoms with Crippen LogP contribution in [0.5, 0.6) is 0 Å². The second kappa shape index (κ2) is 7.70. The standard InChI is InChI=1S/C17H21NO5S/c1-3-16(14-7-5-9-18-11-14)24(21,22)17(23-12(2)19)13-6-4-8-15(20)10-13/h3,5,7,9,11,13,16-17H,1,4,6,8,10H2,2H3. The number of Topliss-reactive ketones (excluding diaryl/α,β-unsaturated/α-hetero) is 1. The maximum atomic E-state index is 13.1. The molecule has 0 bridgehead atoms. The van der Waals surface area contributed by atoms with Crippen molar-refractivity contribution in [2.75, 3.05) is 0 Å². The minimum absolute atomic E-state index is 0.00451. The van der Waals surface area contributed by atoms with Crippen molar-refractivity contribution in [1.82, 2.24) is 4.98 Å². The Balaban J connectivity index is 2.40. The van der Waals surface area contributed by atoms with Gasteiger partial charge in [0.05, 0.1) is 0 Å². The first-order valence-corrected chi connectivity index (χ1v) is 9.41. The Morgan fingerprint density at radius 1 is 1.50 bits per heavy atom. The second-order valence-electron chi connectivity index (χ2n) is 5.90. The van der Waals surface area contributed by atoms with Crippen LogP contribution in [-0.4, -0.2) is 30.6 Å². The molecular weight excluding hydrogens is 330 g/mol. The Morgan fingerprint density at radius 3 is 2.79 bits per heavy atom. The van der Waals surface area contributed by atoms with Gasteiger partial charge in [-0.1, -0.05) is 12.1 Å². The lowest BCUT2D eigenvalue weighted by molar-refractivity contribution is -0.146. The summed E-state index contributed by atoms with van der Waals surface area (Å²) in [4.78, 5) is 27.1. The molecule has 1 heterocycles. The molecule has 1 saturated carbocycles. The van der Waals surface area contributed by atoms with Crippen molar-refractivity contribution in [2.24, 2.45) is 5.92 Å². The van der Waals surface area contributed by atoms with E-state index in [4.69, 9.17) is 4.74 Å². The Labute approximate surface area is 141 Å². The minimum Gasteiger partial charge on any atom is -0.446 e. The monoisotopic (exact) mass is 351 g/mol. The van der Waals surface area contributed by atoms with Crippen LogP contribution in [0, 0.1) is 5.92 Å². The third-order valence-electron chi connectivity index (χ3n) is 4.09. The fourth-order valence-electron chi connectivity index (χ4n) is 3.03. The molecule has 1 aliphatic carbocycles. The normalized spacial score (nSPS) is 20.9. The number of rotatable bonds is 6. The number of nitrogens with zero attached hydrogens (tertiary/aromatic N) is 1. The molecule has 0 spiro atoms. The highest BCUT2D eigenvalue weighted by Gasteiger charge is 2.42. The number of carbonyl (C=O) groups excluding carboxylic acids is 2. The van der Waals surface area contributed by atoms with Gasteiger partial charge in [0, 0.05) is 38.1 Å². The van der Waals surface area contributed by atoms with Crippen molar-refractivity contribution in [1.29, 1.82) is 0 Å². The number of carbonyl (C=O) groups is 2. The van der Waals surface area contributed by atoms with E-state index < -0.39 is 32.4 Å². The Kier molecular flexibility index (Phi) is 5.88. The smallest absolute Gasteiger partial charge is 0.303 e. The number of hydrogen-bond donors (Lipinski definition) is 0. The summed E-state index contributed by atoms with van der Waals surface area (Å²) in [6, 6.07) is 3.26. The number of sulfone groups is 1. The molecule has 3 unspecified atom stereocenters. The third-order valence-corrected chi connectivity index (χ3v) is 6.39. The SMILES string of the molecule is C=CC(c1cccnc1)S(=O)(=O)C(OC(C)=O)C1CCCC(=O)C1. The molecule has 1 aromatic rings. The molecule has 0 N–H and O–H groups in total. The van der Waals surface area contributed by atoms with Gasteiger partial charge >= 0.3 is 5.97 Å². The maximum absolute atomic E-state index is 13.1. The first-order chi connectivity index (χ1) is 11.4. The van der Waals surface area contributed by atoms with E-state index in [-0.39, 0.29) is 12.2 Å². The topological polar surface area (TPSA) is 90.4 Å². The fourth-order valence-corrected chi connectivity index (χ4v) is 5.15. The van der Waals surface area contributed by atoms with Gasteiger partial charge in [-0.05, 0) is 24.5 Å². The third kappa shape index (κ3) is 4.08. The average Bonchev–Trinajstić information content (AvgIpc) is 2.54. The highest BCUT2D eigenvalue weighted by Crippen LogP contribution is 2.35. The molecule has 3 atom stereocenters. The molecule has 0 aliphatic heterocycles. The number of ether oxygens (including phenoxy) is 1. The summed E-state index contributed by atoms with van der Waals surface area (Å²) < 4.78 is 31.4. The largest absolute Gasteiger partial charge is 0.446 e. The van der Waals surface area contributed by atoms with E-state index in [0.29, 0.717) is 24.8 Å². The molecule has 6 nitrogen and oxygen atoms in total. The summed E-state index contributed by atoms with van der Waals surface area (Å²) >= 11 is 0. The van der Waals surface area contributed by atoms with E-state index in [9.17, 15) is 18.0 Å². The maximum Gasteiger partial charge on any atom is 0.303 e. The number of pyridine rings is 1. The Hall–Kier alpha value is -2.02. The molecular formula is C17H21NO5S. The zero-order valence-corrected chi connectivity index (χ0v) is 14.4. The highest BCUT2D eigenvalue weighted by molar-refractivity contribution is 7.92. The summed E-state index contributed by atoms with van der Waals surface area (Å²) in [6.45, 7) is 4.78. The minimum atomic E-state index is -3.94. The van der Waals surface area contributed by atoms with Crippen molar-refractivity contribution < 1.29 is 22.7 Å². The van der Waals surface area contributed by atoms with E-state index in [0.717, 1.165) is 0 Å². The van der Waals surface area contributed by atoms with Crippen molar-refractivity contribution in [3.63, 3.8) is 0 Å².